The van der Waals surface area contributed by atoms with Gasteiger partial charge in [0.2, 0.25) is 0 Å². The molecule has 2 fully saturated rings. The Morgan fingerprint density at radius 3 is 1.23 bits per heavy atom. The van der Waals surface area contributed by atoms with Crippen molar-refractivity contribution < 1.29 is 10.2 Å². The van der Waals surface area contributed by atoms with Crippen LogP contribution in [0.3, 0.4) is 0 Å². The number of likely N-dealkylation sites (N-methyl/N-ethyl adjacent to an activating group) is 2. The molecule has 30 heavy (non-hydrogen) atoms. The first kappa shape index (κ1) is 22.6. The molecule has 0 unspecified atom stereocenters. The first-order valence-corrected chi connectivity index (χ1v) is 11.5. The molecule has 0 bridgehead atoms. The zero-order valence-corrected chi connectivity index (χ0v) is 18.5. The van der Waals surface area contributed by atoms with Gasteiger partial charge in [0.15, 0.2) is 0 Å². The Hall–Kier alpha value is -2.04. The van der Waals surface area contributed by atoms with Crippen LogP contribution in [0.2, 0.25) is 0 Å². The molecule has 2 N–H and O–H groups in total. The average molecular weight is 411 g/mol. The molecule has 2 aromatic rings. The lowest BCUT2D eigenvalue weighted by atomic mass is 9.91. The Bertz CT molecular complexity index is 661. The number of hydrogen-bond donors (Lipinski definition) is 2. The van der Waals surface area contributed by atoms with E-state index in [1.165, 1.54) is 37.1 Å². The Balaban J connectivity index is 0.000000171. The van der Waals surface area contributed by atoms with Gasteiger partial charge in [-0.3, -0.25) is 0 Å². The summed E-state index contributed by atoms with van der Waals surface area (Å²) in [6.45, 7) is 0. The smallest absolute Gasteiger partial charge is 0.0743 e. The number of hydrogen-bond acceptors (Lipinski definition) is 4. The van der Waals surface area contributed by atoms with Crippen molar-refractivity contribution >= 4 is 11.4 Å². The molecule has 4 atom stereocenters. The average Bonchev–Trinajstić information content (AvgIpc) is 2.80. The third-order valence-corrected chi connectivity index (χ3v) is 6.71. The fourth-order valence-corrected chi connectivity index (χ4v) is 4.80. The maximum absolute atomic E-state index is 9.96. The molecule has 2 aliphatic carbocycles. The highest BCUT2D eigenvalue weighted by molar-refractivity contribution is 5.47. The molecular formula is C26H38N2O2. The van der Waals surface area contributed by atoms with Gasteiger partial charge in [-0.25, -0.2) is 0 Å². The SMILES string of the molecule is CN(c1ccccc1)[C@@H]1CCCC[C@H]1O.CN(c1ccccc1)[C@H]1CCCC[C@@H]1O. The van der Waals surface area contributed by atoms with Gasteiger partial charge in [0.25, 0.3) is 0 Å². The molecule has 0 spiro atoms. The number of benzene rings is 2. The van der Waals surface area contributed by atoms with Gasteiger partial charge in [0.05, 0.1) is 24.3 Å². The quantitative estimate of drug-likeness (QED) is 0.756. The van der Waals surface area contributed by atoms with Crippen LogP contribution in [-0.4, -0.2) is 48.6 Å². The summed E-state index contributed by atoms with van der Waals surface area (Å²) in [5.74, 6) is 0. The summed E-state index contributed by atoms with van der Waals surface area (Å²) < 4.78 is 0. The molecule has 0 radical (unpaired) electrons. The van der Waals surface area contributed by atoms with Crippen LogP contribution in [0.25, 0.3) is 0 Å². The van der Waals surface area contributed by atoms with Crippen molar-refractivity contribution in [2.24, 2.45) is 0 Å². The summed E-state index contributed by atoms with van der Waals surface area (Å²) in [6, 6.07) is 21.2. The largest absolute Gasteiger partial charge is 0.391 e. The summed E-state index contributed by atoms with van der Waals surface area (Å²) in [5, 5.41) is 19.9. The predicted octanol–water partition coefficient (Wildman–Crippen LogP) is 4.85. The Kier molecular flexibility index (Phi) is 8.59. The number of aliphatic hydroxyl groups excluding tert-OH is 2. The van der Waals surface area contributed by atoms with Gasteiger partial charge in [-0.05, 0) is 49.9 Å². The lowest BCUT2D eigenvalue weighted by molar-refractivity contribution is 0.106. The van der Waals surface area contributed by atoms with E-state index in [2.05, 4.69) is 48.2 Å². The predicted molar refractivity (Wildman–Crippen MR) is 126 cm³/mol. The highest BCUT2D eigenvalue weighted by Gasteiger charge is 2.27. The fraction of sp³-hybridized carbons (Fsp3) is 0.538. The molecule has 0 saturated heterocycles. The lowest BCUT2D eigenvalue weighted by Gasteiger charge is -2.36. The summed E-state index contributed by atoms with van der Waals surface area (Å²) in [6.07, 6.45) is 8.58. The van der Waals surface area contributed by atoms with E-state index < -0.39 is 0 Å². The van der Waals surface area contributed by atoms with Gasteiger partial charge in [-0.15, -0.1) is 0 Å². The van der Waals surface area contributed by atoms with Crippen LogP contribution in [0.1, 0.15) is 51.4 Å². The molecule has 0 amide bonds. The Morgan fingerprint density at radius 2 is 0.900 bits per heavy atom. The van der Waals surface area contributed by atoms with E-state index in [9.17, 15) is 10.2 Å². The maximum atomic E-state index is 9.96. The van der Waals surface area contributed by atoms with Crippen LogP contribution < -0.4 is 9.80 Å². The molecule has 164 valence electrons. The molecular weight excluding hydrogens is 372 g/mol. The minimum atomic E-state index is -0.163. The zero-order chi connectivity index (χ0) is 21.3. The van der Waals surface area contributed by atoms with Gasteiger partial charge in [0.1, 0.15) is 0 Å². The van der Waals surface area contributed by atoms with E-state index >= 15 is 0 Å². The van der Waals surface area contributed by atoms with Crippen molar-refractivity contribution in [3.63, 3.8) is 0 Å². The van der Waals surface area contributed by atoms with Crippen LogP contribution in [0.4, 0.5) is 11.4 Å². The van der Waals surface area contributed by atoms with Crippen LogP contribution >= 0.6 is 0 Å². The number of rotatable bonds is 4. The molecule has 0 aromatic heterocycles. The third-order valence-electron chi connectivity index (χ3n) is 6.71. The van der Waals surface area contributed by atoms with Crippen molar-refractivity contribution in [1.82, 2.24) is 0 Å². The van der Waals surface area contributed by atoms with E-state index in [4.69, 9.17) is 0 Å². The Labute approximate surface area is 182 Å². The van der Waals surface area contributed by atoms with Crippen LogP contribution in [-0.2, 0) is 0 Å². The normalized spacial score (nSPS) is 26.3. The molecule has 0 aliphatic heterocycles. The van der Waals surface area contributed by atoms with Crippen LogP contribution in [0.15, 0.2) is 60.7 Å². The molecule has 4 heteroatoms. The minimum absolute atomic E-state index is 0.163. The van der Waals surface area contributed by atoms with Gasteiger partial charge in [-0.2, -0.15) is 0 Å². The lowest BCUT2D eigenvalue weighted by Crippen LogP contribution is -2.43. The van der Waals surface area contributed by atoms with E-state index in [1.54, 1.807) is 0 Å². The van der Waals surface area contributed by atoms with Crippen molar-refractivity contribution in [3.8, 4) is 0 Å². The van der Waals surface area contributed by atoms with E-state index in [0.717, 1.165) is 25.7 Å². The van der Waals surface area contributed by atoms with Gasteiger partial charge >= 0.3 is 0 Å². The molecule has 2 aromatic carbocycles. The van der Waals surface area contributed by atoms with Crippen molar-refractivity contribution in [2.75, 3.05) is 23.9 Å². The third kappa shape index (κ3) is 5.99. The minimum Gasteiger partial charge on any atom is -0.391 e. The fourth-order valence-electron chi connectivity index (χ4n) is 4.80. The second-order valence-corrected chi connectivity index (χ2v) is 8.73. The van der Waals surface area contributed by atoms with E-state index in [0.29, 0.717) is 12.1 Å². The second-order valence-electron chi connectivity index (χ2n) is 8.73. The topological polar surface area (TPSA) is 46.9 Å². The number of aliphatic hydroxyl groups is 2. The number of para-hydroxylation sites is 2. The summed E-state index contributed by atoms with van der Waals surface area (Å²) in [5.41, 5.74) is 2.40. The standard InChI is InChI=1S/2C13H19NO/c2*1-14(11-7-3-2-4-8-11)12-9-5-6-10-13(12)15/h2*2-4,7-8,12-13,15H,5-6,9-10H2,1H3/t2*12-,13-/m10/s1. The van der Waals surface area contributed by atoms with Crippen LogP contribution in [0, 0.1) is 0 Å². The van der Waals surface area contributed by atoms with Crippen molar-refractivity contribution in [2.45, 2.75) is 75.7 Å². The number of nitrogens with zero attached hydrogens (tertiary/aromatic N) is 2. The van der Waals surface area contributed by atoms with Gasteiger partial charge < -0.3 is 20.0 Å². The molecule has 0 heterocycles. The molecule has 2 saturated carbocycles. The maximum Gasteiger partial charge on any atom is 0.0743 e. The van der Waals surface area contributed by atoms with Crippen molar-refractivity contribution in [3.05, 3.63) is 60.7 Å². The Morgan fingerprint density at radius 1 is 0.567 bits per heavy atom. The zero-order valence-electron chi connectivity index (χ0n) is 18.5. The number of anilines is 2. The highest BCUT2D eigenvalue weighted by atomic mass is 16.3. The molecule has 4 nitrogen and oxygen atoms in total. The van der Waals surface area contributed by atoms with Crippen molar-refractivity contribution in [1.29, 1.82) is 0 Å². The summed E-state index contributed by atoms with van der Waals surface area (Å²) >= 11 is 0. The van der Waals surface area contributed by atoms with Gasteiger partial charge in [-0.1, -0.05) is 62.1 Å². The molecule has 4 rings (SSSR count). The second kappa shape index (κ2) is 11.4. The molecule has 2 aliphatic rings. The van der Waals surface area contributed by atoms with Crippen LogP contribution in [0.5, 0.6) is 0 Å². The summed E-state index contributed by atoms with van der Waals surface area (Å²) in [7, 11) is 4.16. The first-order chi connectivity index (χ1) is 14.6. The van der Waals surface area contributed by atoms with E-state index in [-0.39, 0.29) is 12.2 Å². The highest BCUT2D eigenvalue weighted by Crippen LogP contribution is 2.27. The summed E-state index contributed by atoms with van der Waals surface area (Å²) in [4.78, 5) is 4.42. The monoisotopic (exact) mass is 410 g/mol. The van der Waals surface area contributed by atoms with E-state index in [1.807, 2.05) is 36.4 Å². The first-order valence-electron chi connectivity index (χ1n) is 11.5. The van der Waals surface area contributed by atoms with Gasteiger partial charge in [0, 0.05) is 25.5 Å².